The molecule has 0 saturated carbocycles. The van der Waals surface area contributed by atoms with Gasteiger partial charge in [0, 0.05) is 58.1 Å². The molecule has 372 valence electrons. The second-order valence-corrected chi connectivity index (χ2v) is 19.1. The molecule has 2 fully saturated rings. The number of aryl methyl sites for hydroxylation is 1. The van der Waals surface area contributed by atoms with Crippen LogP contribution in [0, 0.1) is 18.8 Å². The average molecular weight is 967 g/mol. The fourth-order valence-corrected chi connectivity index (χ4v) is 8.61. The summed E-state index contributed by atoms with van der Waals surface area (Å²) in [5, 5.41) is 20.2. The van der Waals surface area contributed by atoms with Gasteiger partial charge in [-0.05, 0) is 81.8 Å². The highest BCUT2D eigenvalue weighted by Crippen LogP contribution is 2.49. The number of esters is 1. The average Bonchev–Trinajstić information content (AvgIpc) is 3.99. The molecule has 2 aromatic carbocycles. The van der Waals surface area contributed by atoms with E-state index in [0.29, 0.717) is 48.6 Å². The molecule has 2 saturated heterocycles. The third kappa shape index (κ3) is 13.6. The molecule has 0 aliphatic carbocycles. The van der Waals surface area contributed by atoms with Crippen molar-refractivity contribution in [2.75, 3.05) is 38.0 Å². The highest BCUT2D eigenvalue weighted by molar-refractivity contribution is 6.34. The molecule has 2 unspecified atom stereocenters. The predicted octanol–water partition coefficient (Wildman–Crippen LogP) is 6.90. The number of methoxy groups -OCH3 is 1. The van der Waals surface area contributed by atoms with Gasteiger partial charge in [-0.2, -0.15) is 0 Å². The van der Waals surface area contributed by atoms with Crippen molar-refractivity contribution in [3.05, 3.63) is 81.9 Å². The van der Waals surface area contributed by atoms with Crippen LogP contribution in [0.15, 0.2) is 60.2 Å². The first-order valence-corrected chi connectivity index (χ1v) is 23.5. The molecular weight excluding hydrogens is 898 g/mol. The van der Waals surface area contributed by atoms with Crippen LogP contribution in [0.5, 0.6) is 0 Å². The quantitative estimate of drug-likeness (QED) is 0.0659. The Morgan fingerprint density at radius 3 is 2.46 bits per heavy atom. The largest absolute Gasteiger partial charge is 0.457 e. The van der Waals surface area contributed by atoms with Crippen molar-refractivity contribution >= 4 is 58.9 Å². The molecule has 3 aliphatic rings. The topological polar surface area (TPSA) is 215 Å². The first kappa shape index (κ1) is 53.5. The lowest BCUT2D eigenvalue weighted by Gasteiger charge is -2.42. The Balaban J connectivity index is 1.21. The lowest BCUT2D eigenvalue weighted by atomic mass is 9.83. The van der Waals surface area contributed by atoms with Gasteiger partial charge in [-0.25, -0.2) is 14.4 Å². The first-order valence-electron chi connectivity index (χ1n) is 23.1. The third-order valence-corrected chi connectivity index (χ3v) is 13.5. The Bertz CT molecular complexity index is 2240. The molecule has 3 aliphatic heterocycles. The highest BCUT2D eigenvalue weighted by Gasteiger charge is 2.64. The van der Waals surface area contributed by atoms with Crippen LogP contribution in [0.25, 0.3) is 0 Å². The SMILES string of the molecule is CO[C@@H]1/C=C/C=C(\C)Cc2cc(C)c(Cl)c(c2)N(C)C(=O)C[C@H](OC(=O)[C@H](C)N(C)C(=O)CCCCCNC(=O)OCc2ccc(NC(=O)C(C)C)cc2)[C@]2(C)OC2[C@@H](C)C2C[C@@]1(O)NC(=O)O2. The number of hydrogen-bond acceptors (Lipinski definition) is 12. The van der Waals surface area contributed by atoms with E-state index in [1.807, 2.05) is 45.9 Å². The van der Waals surface area contributed by atoms with Crippen molar-refractivity contribution in [2.45, 2.75) is 142 Å². The molecule has 68 heavy (non-hydrogen) atoms. The van der Waals surface area contributed by atoms with E-state index < -0.39 is 71.8 Å². The molecule has 4 bridgehead atoms. The molecule has 0 aromatic heterocycles. The van der Waals surface area contributed by atoms with E-state index in [-0.39, 0.29) is 43.6 Å². The number of rotatable bonds is 14. The normalized spacial score (nSPS) is 26.8. The summed E-state index contributed by atoms with van der Waals surface area (Å²) in [4.78, 5) is 81.4. The number of amides is 5. The first-order chi connectivity index (χ1) is 32.1. The van der Waals surface area contributed by atoms with Crippen LogP contribution in [0.2, 0.25) is 5.02 Å². The van der Waals surface area contributed by atoms with Gasteiger partial charge in [0.15, 0.2) is 5.72 Å². The Morgan fingerprint density at radius 1 is 1.07 bits per heavy atom. The van der Waals surface area contributed by atoms with Gasteiger partial charge in [-0.15, -0.1) is 0 Å². The highest BCUT2D eigenvalue weighted by atomic mass is 35.5. The van der Waals surface area contributed by atoms with Crippen LogP contribution in [0.1, 0.15) is 96.8 Å². The van der Waals surface area contributed by atoms with E-state index in [4.69, 9.17) is 35.3 Å². The zero-order valence-electron chi connectivity index (χ0n) is 40.8. The molecule has 17 nitrogen and oxygen atoms in total. The van der Waals surface area contributed by atoms with Crippen LogP contribution in [-0.2, 0) is 55.9 Å². The number of epoxide rings is 1. The number of benzene rings is 2. The van der Waals surface area contributed by atoms with E-state index in [2.05, 4.69) is 16.0 Å². The van der Waals surface area contributed by atoms with Crippen LogP contribution in [0.3, 0.4) is 0 Å². The van der Waals surface area contributed by atoms with Crippen LogP contribution in [0.4, 0.5) is 21.0 Å². The standard InChI is InChI=1S/C50H68ClN5O12/c1-29(2)45(59)53-36-20-18-34(19-21-36)28-65-47(61)52-22-13-11-12-17-41(57)55(8)33(6)46(60)67-40-26-42(58)56(9)37-25-35(24-31(4)43(37)51)23-30(3)15-14-16-39(64-10)50(63)27-38(66-48(62)54-50)32(5)44-49(40,7)68-44/h14-16,18-21,24-25,29,32-33,38-40,44,63H,11-13,17,22-23,26-28H2,1-10H3,(H,52,61)(H,53,59)(H,54,62)/b16-14+,30-15+/t32-,33-,38?,39+,40-,44?,49-,50-/m0/s1. The number of nitrogens with zero attached hydrogens (tertiary/aromatic N) is 2. The van der Waals surface area contributed by atoms with Gasteiger partial charge in [0.1, 0.15) is 36.6 Å². The summed E-state index contributed by atoms with van der Waals surface area (Å²) in [6.45, 7) is 12.9. The number of unbranched alkanes of at least 4 members (excludes halogenated alkanes) is 2. The van der Waals surface area contributed by atoms with Gasteiger partial charge < -0.3 is 49.2 Å². The number of ether oxygens (including phenoxy) is 5. The molecule has 8 atom stereocenters. The summed E-state index contributed by atoms with van der Waals surface area (Å²) in [5.74, 6) is -2.25. The van der Waals surface area contributed by atoms with Gasteiger partial charge in [0.25, 0.3) is 0 Å². The van der Waals surface area contributed by atoms with E-state index in [1.165, 1.54) is 24.0 Å². The Hall–Kier alpha value is -5.49. The molecule has 4 N–H and O–H groups in total. The number of hydrogen-bond donors (Lipinski definition) is 4. The number of alkyl carbamates (subject to hydrolysis) is 2. The Morgan fingerprint density at radius 2 is 1.78 bits per heavy atom. The monoisotopic (exact) mass is 965 g/mol. The van der Waals surface area contributed by atoms with Crippen molar-refractivity contribution in [3.8, 4) is 0 Å². The minimum atomic E-state index is -1.84. The van der Waals surface area contributed by atoms with Crippen molar-refractivity contribution in [3.63, 3.8) is 0 Å². The maximum absolute atomic E-state index is 14.3. The van der Waals surface area contributed by atoms with E-state index >= 15 is 0 Å². The fraction of sp³-hybridized carbons (Fsp3) is 0.560. The number of anilines is 2. The molecule has 5 amide bonds. The minimum absolute atomic E-state index is 0.0568. The number of fused-ring (bicyclic) bond motifs is 5. The maximum atomic E-state index is 14.3. The molecule has 0 spiro atoms. The number of carbonyl (C=O) groups is 6. The summed E-state index contributed by atoms with van der Waals surface area (Å²) in [6.07, 6.45) is 2.17. The van der Waals surface area contributed by atoms with Gasteiger partial charge >= 0.3 is 18.2 Å². The zero-order chi connectivity index (χ0) is 50.1. The summed E-state index contributed by atoms with van der Waals surface area (Å²) in [7, 11) is 4.55. The number of likely N-dealkylation sites (N-methyl/N-ethyl adjacent to an activating group) is 1. The van der Waals surface area contributed by atoms with Gasteiger partial charge in [0.05, 0.1) is 23.2 Å². The Labute approximate surface area is 404 Å². The molecule has 18 heteroatoms. The predicted molar refractivity (Wildman–Crippen MR) is 256 cm³/mol. The number of allylic oxidation sites excluding steroid dienone is 3. The summed E-state index contributed by atoms with van der Waals surface area (Å²) in [6, 6.07) is 9.77. The zero-order valence-corrected chi connectivity index (χ0v) is 41.6. The second-order valence-electron chi connectivity index (χ2n) is 18.7. The number of nitrogens with one attached hydrogen (secondary N) is 3. The van der Waals surface area contributed by atoms with E-state index in [9.17, 15) is 33.9 Å². The summed E-state index contributed by atoms with van der Waals surface area (Å²) >= 11 is 6.81. The van der Waals surface area contributed by atoms with Gasteiger partial charge in [-0.1, -0.05) is 80.8 Å². The lowest BCUT2D eigenvalue weighted by Crippen LogP contribution is -2.63. The molecule has 5 rings (SSSR count). The summed E-state index contributed by atoms with van der Waals surface area (Å²) in [5.41, 5.74) is 1.41. The van der Waals surface area contributed by atoms with Crippen molar-refractivity contribution in [1.82, 2.24) is 15.5 Å². The van der Waals surface area contributed by atoms with Crippen molar-refractivity contribution in [1.29, 1.82) is 0 Å². The van der Waals surface area contributed by atoms with Crippen molar-refractivity contribution in [2.24, 2.45) is 11.8 Å². The van der Waals surface area contributed by atoms with Gasteiger partial charge in [0.2, 0.25) is 17.7 Å². The second kappa shape index (κ2) is 23.2. The molecule has 3 heterocycles. The smallest absolute Gasteiger partial charge is 0.409 e. The van der Waals surface area contributed by atoms with Crippen LogP contribution < -0.4 is 20.9 Å². The summed E-state index contributed by atoms with van der Waals surface area (Å²) < 4.78 is 29.1. The van der Waals surface area contributed by atoms with Crippen LogP contribution in [-0.4, -0.2) is 115 Å². The molecular formula is C50H68ClN5O12. The van der Waals surface area contributed by atoms with Crippen molar-refractivity contribution < 1.29 is 57.6 Å². The lowest BCUT2D eigenvalue weighted by molar-refractivity contribution is -0.162. The van der Waals surface area contributed by atoms with Crippen LogP contribution >= 0.6 is 11.6 Å². The number of aliphatic hydroxyl groups is 1. The molecule has 2 aromatic rings. The number of halogens is 1. The number of carbonyl (C=O) groups excluding carboxylic acids is 6. The Kier molecular flexibility index (Phi) is 18.2. The molecule has 0 radical (unpaired) electrons. The minimum Gasteiger partial charge on any atom is -0.457 e. The maximum Gasteiger partial charge on any atom is 0.409 e. The fourth-order valence-electron chi connectivity index (χ4n) is 8.37. The van der Waals surface area contributed by atoms with Gasteiger partial charge in [-0.3, -0.25) is 19.7 Å². The van der Waals surface area contributed by atoms with E-state index in [0.717, 1.165) is 22.3 Å². The third-order valence-electron chi connectivity index (χ3n) is 13.0. The van der Waals surface area contributed by atoms with E-state index in [1.54, 1.807) is 64.2 Å².